The zero-order chi connectivity index (χ0) is 19.7. The molecule has 1 unspecified atom stereocenters. The molecule has 5 rings (SSSR count). The Morgan fingerprint density at radius 3 is 2.68 bits per heavy atom. The average molecular weight is 383 g/mol. The van der Waals surface area contributed by atoms with Crippen LogP contribution in [0.4, 0.5) is 0 Å². The summed E-state index contributed by atoms with van der Waals surface area (Å²) < 4.78 is 5.15. The van der Waals surface area contributed by atoms with Crippen molar-refractivity contribution >= 4 is 0 Å². The Morgan fingerprint density at radius 2 is 1.93 bits per heavy atom. The predicted octanol–water partition coefficient (Wildman–Crippen LogP) is 3.94. The zero-order valence-corrected chi connectivity index (χ0v) is 16.7. The maximum absolute atomic E-state index is 12.1. The first-order chi connectivity index (χ1) is 13.3. The summed E-state index contributed by atoms with van der Waals surface area (Å²) in [5.74, 6) is 0.882. The van der Waals surface area contributed by atoms with E-state index in [4.69, 9.17) is 4.42 Å². The van der Waals surface area contributed by atoms with E-state index in [-0.39, 0.29) is 28.3 Å². The van der Waals surface area contributed by atoms with Gasteiger partial charge in [-0.05, 0) is 67.9 Å². The maximum Gasteiger partial charge on any atom is 0.335 e. The SMILES string of the molecule is C[C@]12C=C[C@H](O)C=C1CCC1[C@@H]2CC[C@]2(C)[C@@H](c3ccc(=O)oc3)CC[C@]12O. The first kappa shape index (κ1) is 18.4. The number of aliphatic hydroxyl groups excluding tert-OH is 1. The van der Waals surface area contributed by atoms with Gasteiger partial charge in [-0.2, -0.15) is 0 Å². The van der Waals surface area contributed by atoms with Gasteiger partial charge in [0.15, 0.2) is 0 Å². The van der Waals surface area contributed by atoms with E-state index in [0.717, 1.165) is 44.1 Å². The molecule has 0 spiro atoms. The third-order valence-electron chi connectivity index (χ3n) is 8.97. The van der Waals surface area contributed by atoms with Gasteiger partial charge >= 0.3 is 5.63 Å². The summed E-state index contributed by atoms with van der Waals surface area (Å²) in [4.78, 5) is 11.4. The van der Waals surface area contributed by atoms with Crippen LogP contribution in [-0.4, -0.2) is 21.9 Å². The van der Waals surface area contributed by atoms with E-state index in [1.807, 2.05) is 18.2 Å². The minimum absolute atomic E-state index is 0.0587. The van der Waals surface area contributed by atoms with Crippen LogP contribution in [0, 0.1) is 22.7 Å². The normalized spacial score (nSPS) is 47.1. The van der Waals surface area contributed by atoms with Crippen molar-refractivity contribution in [3.8, 4) is 0 Å². The van der Waals surface area contributed by atoms with Gasteiger partial charge < -0.3 is 14.6 Å². The second-order valence-electron chi connectivity index (χ2n) is 9.94. The Bertz CT molecular complexity index is 893. The van der Waals surface area contributed by atoms with Crippen molar-refractivity contribution in [1.82, 2.24) is 0 Å². The molecule has 0 saturated heterocycles. The summed E-state index contributed by atoms with van der Waals surface area (Å²) in [7, 11) is 0. The molecule has 2 N–H and O–H groups in total. The number of hydrogen-bond donors (Lipinski definition) is 2. The number of hydrogen-bond acceptors (Lipinski definition) is 4. The lowest BCUT2D eigenvalue weighted by atomic mass is 9.46. The van der Waals surface area contributed by atoms with Crippen molar-refractivity contribution in [2.75, 3.05) is 0 Å². The molecule has 4 nitrogen and oxygen atoms in total. The fourth-order valence-electron chi connectivity index (χ4n) is 7.39. The van der Waals surface area contributed by atoms with Gasteiger partial charge in [-0.15, -0.1) is 0 Å². The molecule has 7 atom stereocenters. The molecule has 3 fully saturated rings. The van der Waals surface area contributed by atoms with Gasteiger partial charge in [-0.3, -0.25) is 0 Å². The third-order valence-corrected chi connectivity index (χ3v) is 8.97. The van der Waals surface area contributed by atoms with Crippen LogP contribution in [-0.2, 0) is 0 Å². The molecule has 3 saturated carbocycles. The van der Waals surface area contributed by atoms with E-state index >= 15 is 0 Å². The average Bonchev–Trinajstić information content (AvgIpc) is 2.95. The van der Waals surface area contributed by atoms with Crippen molar-refractivity contribution in [2.24, 2.45) is 22.7 Å². The molecule has 4 aliphatic carbocycles. The highest BCUT2D eigenvalue weighted by atomic mass is 16.4. The first-order valence-electron chi connectivity index (χ1n) is 10.7. The zero-order valence-electron chi connectivity index (χ0n) is 16.7. The van der Waals surface area contributed by atoms with Crippen LogP contribution in [0.1, 0.15) is 63.9 Å². The molecule has 0 aromatic carbocycles. The van der Waals surface area contributed by atoms with Crippen LogP contribution in [0.25, 0.3) is 0 Å². The second kappa shape index (κ2) is 5.93. The van der Waals surface area contributed by atoms with Crippen molar-refractivity contribution in [3.05, 3.63) is 58.2 Å². The molecule has 1 heterocycles. The number of rotatable bonds is 1. The molecular formula is C24H30O4. The molecule has 0 aliphatic heterocycles. The lowest BCUT2D eigenvalue weighted by molar-refractivity contribution is -0.171. The van der Waals surface area contributed by atoms with Crippen molar-refractivity contribution < 1.29 is 14.6 Å². The molecule has 150 valence electrons. The van der Waals surface area contributed by atoms with E-state index in [2.05, 4.69) is 19.9 Å². The summed E-state index contributed by atoms with van der Waals surface area (Å²) in [6, 6.07) is 3.38. The fourth-order valence-corrected chi connectivity index (χ4v) is 7.39. The lowest BCUT2D eigenvalue weighted by Gasteiger charge is -2.61. The van der Waals surface area contributed by atoms with E-state index < -0.39 is 11.7 Å². The van der Waals surface area contributed by atoms with Crippen molar-refractivity contribution in [1.29, 1.82) is 0 Å². The number of aliphatic hydroxyl groups is 2. The monoisotopic (exact) mass is 382 g/mol. The highest BCUT2D eigenvalue weighted by molar-refractivity contribution is 5.36. The quantitative estimate of drug-likeness (QED) is 0.722. The molecule has 4 heteroatoms. The summed E-state index contributed by atoms with van der Waals surface area (Å²) in [5, 5.41) is 22.2. The molecule has 1 aromatic heterocycles. The van der Waals surface area contributed by atoms with Crippen LogP contribution in [0.3, 0.4) is 0 Å². The van der Waals surface area contributed by atoms with Gasteiger partial charge in [0.1, 0.15) is 0 Å². The van der Waals surface area contributed by atoms with Gasteiger partial charge in [0.2, 0.25) is 0 Å². The predicted molar refractivity (Wildman–Crippen MR) is 107 cm³/mol. The van der Waals surface area contributed by atoms with Gasteiger partial charge in [0.25, 0.3) is 0 Å². The fraction of sp³-hybridized carbons (Fsp3) is 0.625. The number of fused-ring (bicyclic) bond motifs is 5. The maximum atomic E-state index is 12.1. The second-order valence-corrected chi connectivity index (χ2v) is 9.94. The first-order valence-corrected chi connectivity index (χ1v) is 10.7. The molecule has 0 radical (unpaired) electrons. The highest BCUT2D eigenvalue weighted by Gasteiger charge is 2.66. The molecule has 28 heavy (non-hydrogen) atoms. The molecule has 0 bridgehead atoms. The topological polar surface area (TPSA) is 70.7 Å². The van der Waals surface area contributed by atoms with Crippen LogP contribution in [0.5, 0.6) is 0 Å². The van der Waals surface area contributed by atoms with Gasteiger partial charge in [0, 0.05) is 16.9 Å². The van der Waals surface area contributed by atoms with E-state index in [9.17, 15) is 15.0 Å². The Kier molecular flexibility index (Phi) is 3.89. The standard InChI is InChI=1S/C24H30O4/c1-22-10-7-17(25)13-16(22)4-5-20-19(22)8-11-23(2)18(9-12-24(20,23)27)15-3-6-21(26)28-14-15/h3,6-7,10,13-14,17-20,25,27H,4-5,8-9,11-12H2,1-2H3/t17-,18+,19-,20?,22-,23+,24-/m0/s1. The van der Waals surface area contributed by atoms with E-state index in [1.54, 1.807) is 6.26 Å². The third kappa shape index (κ3) is 2.28. The smallest absolute Gasteiger partial charge is 0.335 e. The molecule has 0 amide bonds. The summed E-state index contributed by atoms with van der Waals surface area (Å²) in [6.07, 6.45) is 13.0. The molecule has 4 aliphatic rings. The molecular weight excluding hydrogens is 352 g/mol. The Morgan fingerprint density at radius 1 is 1.11 bits per heavy atom. The largest absolute Gasteiger partial charge is 0.431 e. The lowest BCUT2D eigenvalue weighted by Crippen LogP contribution is -2.60. The minimum Gasteiger partial charge on any atom is -0.431 e. The van der Waals surface area contributed by atoms with Gasteiger partial charge in [-0.1, -0.05) is 37.6 Å². The van der Waals surface area contributed by atoms with Crippen LogP contribution in [0.15, 0.2) is 51.4 Å². The summed E-state index contributed by atoms with van der Waals surface area (Å²) in [5.41, 5.74) is 1.10. The van der Waals surface area contributed by atoms with Crippen molar-refractivity contribution in [3.63, 3.8) is 0 Å². The van der Waals surface area contributed by atoms with E-state index in [1.165, 1.54) is 11.6 Å². The highest BCUT2D eigenvalue weighted by Crippen LogP contribution is 2.69. The number of allylic oxidation sites excluding steroid dienone is 2. The van der Waals surface area contributed by atoms with Crippen LogP contribution >= 0.6 is 0 Å². The summed E-state index contributed by atoms with van der Waals surface area (Å²) in [6.45, 7) is 4.54. The Hall–Kier alpha value is -1.65. The van der Waals surface area contributed by atoms with Gasteiger partial charge in [-0.25, -0.2) is 4.79 Å². The van der Waals surface area contributed by atoms with Crippen LogP contribution < -0.4 is 5.63 Å². The Balaban J connectivity index is 1.52. The van der Waals surface area contributed by atoms with E-state index in [0.29, 0.717) is 5.92 Å². The minimum atomic E-state index is -0.699. The summed E-state index contributed by atoms with van der Waals surface area (Å²) >= 11 is 0. The molecule has 1 aromatic rings. The Labute approximate surface area is 166 Å². The van der Waals surface area contributed by atoms with Crippen molar-refractivity contribution in [2.45, 2.75) is 70.0 Å². The van der Waals surface area contributed by atoms with Gasteiger partial charge in [0.05, 0.1) is 18.0 Å². The van der Waals surface area contributed by atoms with Crippen LogP contribution in [0.2, 0.25) is 0 Å².